The molecule has 0 atom stereocenters. The average molecular weight is 377 g/mol. The second kappa shape index (κ2) is 7.03. The molecule has 0 fully saturated rings. The lowest BCUT2D eigenvalue weighted by atomic mass is 9.93. The van der Waals surface area contributed by atoms with Gasteiger partial charge in [-0.05, 0) is 42.7 Å². The largest absolute Gasteiger partial charge is 0.314 e. The summed E-state index contributed by atoms with van der Waals surface area (Å²) in [4.78, 5) is 30.1. The second-order valence-corrected chi connectivity index (χ2v) is 7.06. The normalized spacial score (nSPS) is 13.5. The van der Waals surface area contributed by atoms with Crippen molar-refractivity contribution in [3.05, 3.63) is 81.8 Å². The van der Waals surface area contributed by atoms with Crippen molar-refractivity contribution >= 4 is 11.6 Å². The van der Waals surface area contributed by atoms with Crippen LogP contribution in [-0.4, -0.2) is 22.5 Å². The zero-order chi connectivity index (χ0) is 19.8. The van der Waals surface area contributed by atoms with E-state index in [1.54, 1.807) is 36.1 Å². The van der Waals surface area contributed by atoms with Crippen LogP contribution in [0.2, 0.25) is 0 Å². The Morgan fingerprint density at radius 2 is 1.93 bits per heavy atom. The van der Waals surface area contributed by atoms with E-state index in [2.05, 4.69) is 4.98 Å². The van der Waals surface area contributed by atoms with E-state index < -0.39 is 5.82 Å². The molecule has 0 bridgehead atoms. The minimum Gasteiger partial charge on any atom is -0.314 e. The first-order valence-corrected chi connectivity index (χ1v) is 9.14. The van der Waals surface area contributed by atoms with Crippen LogP contribution in [0.15, 0.2) is 53.6 Å². The highest BCUT2D eigenvalue weighted by Crippen LogP contribution is 2.39. The Balaban J connectivity index is 1.81. The predicted octanol–water partition coefficient (Wildman–Crippen LogP) is 3.32. The Morgan fingerprint density at radius 1 is 1.11 bits per heavy atom. The number of hydrogen-bond acceptors (Lipinski definition) is 3. The number of hydrogen-bond donors (Lipinski definition) is 0. The van der Waals surface area contributed by atoms with Crippen LogP contribution in [-0.2, 0) is 17.8 Å². The Labute approximate surface area is 162 Å². The van der Waals surface area contributed by atoms with Crippen LogP contribution < -0.4 is 10.5 Å². The molecule has 28 heavy (non-hydrogen) atoms. The molecule has 0 saturated heterocycles. The van der Waals surface area contributed by atoms with Gasteiger partial charge < -0.3 is 9.47 Å². The first-order chi connectivity index (χ1) is 13.5. The van der Waals surface area contributed by atoms with Gasteiger partial charge in [-0.1, -0.05) is 12.1 Å². The lowest BCUT2D eigenvalue weighted by Crippen LogP contribution is -2.31. The molecule has 6 heteroatoms. The third-order valence-corrected chi connectivity index (χ3v) is 5.22. The monoisotopic (exact) mass is 377 g/mol. The number of amides is 1. The predicted molar refractivity (Wildman–Crippen MR) is 106 cm³/mol. The molecule has 0 saturated carbocycles. The number of carbonyl (C=O) groups is 1. The quantitative estimate of drug-likeness (QED) is 0.704. The van der Waals surface area contributed by atoms with Crippen LogP contribution in [0.3, 0.4) is 0 Å². The number of halogens is 1. The molecule has 0 aliphatic carbocycles. The average Bonchev–Trinajstić information content (AvgIpc) is 2.68. The first-order valence-electron chi connectivity index (χ1n) is 9.14. The maximum absolute atomic E-state index is 14.8. The molecular formula is C22H20FN3O2. The molecule has 3 aromatic rings. The molecule has 1 aliphatic heterocycles. The Hall–Kier alpha value is -3.28. The zero-order valence-corrected chi connectivity index (χ0v) is 15.8. The van der Waals surface area contributed by atoms with Crippen LogP contribution in [0, 0.1) is 12.7 Å². The maximum Gasteiger partial charge on any atom is 0.251 e. The molecule has 4 rings (SSSR count). The fourth-order valence-electron chi connectivity index (χ4n) is 3.72. The van der Waals surface area contributed by atoms with Gasteiger partial charge in [-0.15, -0.1) is 0 Å². The van der Waals surface area contributed by atoms with E-state index in [0.717, 1.165) is 16.8 Å². The number of aromatic nitrogens is 2. The standard InChI is InChI=1S/C22H20FN3O2/c1-14-4-3-5-20(28)26(14)13-15-10-17(12-24-11-15)21-18(23)8-6-16-7-9-19(27)25(2)22(16)21/h3-6,8,10-12H,7,9,13H2,1-2H3. The lowest BCUT2D eigenvalue weighted by Gasteiger charge is -2.28. The maximum atomic E-state index is 14.8. The van der Waals surface area contributed by atoms with Crippen molar-refractivity contribution in [3.63, 3.8) is 0 Å². The number of carbonyl (C=O) groups excluding carboxylic acids is 1. The molecule has 1 aromatic carbocycles. The summed E-state index contributed by atoms with van der Waals surface area (Å²) in [6.45, 7) is 2.21. The summed E-state index contributed by atoms with van der Waals surface area (Å²) in [6.07, 6.45) is 4.28. The van der Waals surface area contributed by atoms with Crippen molar-refractivity contribution < 1.29 is 9.18 Å². The van der Waals surface area contributed by atoms with Gasteiger partial charge in [0.2, 0.25) is 5.91 Å². The number of rotatable bonds is 3. The Morgan fingerprint density at radius 3 is 2.71 bits per heavy atom. The molecule has 0 radical (unpaired) electrons. The van der Waals surface area contributed by atoms with Gasteiger partial charge in [-0.25, -0.2) is 4.39 Å². The molecule has 0 N–H and O–H groups in total. The number of pyridine rings is 2. The van der Waals surface area contributed by atoms with E-state index in [1.807, 2.05) is 19.1 Å². The van der Waals surface area contributed by atoms with Crippen molar-refractivity contribution in [1.29, 1.82) is 0 Å². The summed E-state index contributed by atoms with van der Waals surface area (Å²) < 4.78 is 16.5. The highest BCUT2D eigenvalue weighted by Gasteiger charge is 2.26. The fourth-order valence-corrected chi connectivity index (χ4v) is 3.72. The summed E-state index contributed by atoms with van der Waals surface area (Å²) in [5.41, 5.74) is 4.04. The van der Waals surface area contributed by atoms with Crippen molar-refractivity contribution in [3.8, 4) is 11.1 Å². The molecule has 1 aliphatic rings. The Kier molecular flexibility index (Phi) is 4.55. The third kappa shape index (κ3) is 3.11. The van der Waals surface area contributed by atoms with E-state index in [1.165, 1.54) is 17.0 Å². The molecule has 5 nitrogen and oxygen atoms in total. The van der Waals surface area contributed by atoms with E-state index in [4.69, 9.17) is 0 Å². The molecule has 1 amide bonds. The van der Waals surface area contributed by atoms with Gasteiger partial charge in [0.05, 0.1) is 12.2 Å². The van der Waals surface area contributed by atoms with Crippen LogP contribution in [0.1, 0.15) is 23.2 Å². The van der Waals surface area contributed by atoms with Crippen molar-refractivity contribution in [2.45, 2.75) is 26.3 Å². The molecule has 3 heterocycles. The van der Waals surface area contributed by atoms with Crippen molar-refractivity contribution in [2.24, 2.45) is 0 Å². The highest BCUT2D eigenvalue weighted by molar-refractivity contribution is 6.00. The van der Waals surface area contributed by atoms with Gasteiger partial charge >= 0.3 is 0 Å². The van der Waals surface area contributed by atoms with Crippen LogP contribution in [0.4, 0.5) is 10.1 Å². The highest BCUT2D eigenvalue weighted by atomic mass is 19.1. The second-order valence-electron chi connectivity index (χ2n) is 7.06. The van der Waals surface area contributed by atoms with E-state index >= 15 is 0 Å². The minimum absolute atomic E-state index is 0.0325. The lowest BCUT2D eigenvalue weighted by molar-refractivity contribution is -0.118. The topological polar surface area (TPSA) is 55.2 Å². The summed E-state index contributed by atoms with van der Waals surface area (Å²) in [5, 5.41) is 0. The number of aryl methyl sites for hydroxylation is 2. The summed E-state index contributed by atoms with van der Waals surface area (Å²) in [7, 11) is 1.67. The summed E-state index contributed by atoms with van der Waals surface area (Å²) in [6, 6.07) is 10.1. The van der Waals surface area contributed by atoms with Gasteiger partial charge in [-0.3, -0.25) is 14.6 Å². The Bertz CT molecular complexity index is 1140. The van der Waals surface area contributed by atoms with Gasteiger partial charge in [0, 0.05) is 48.7 Å². The number of fused-ring (bicyclic) bond motifs is 1. The summed E-state index contributed by atoms with van der Waals surface area (Å²) in [5.74, 6) is -0.428. The van der Waals surface area contributed by atoms with Crippen molar-refractivity contribution in [2.75, 3.05) is 11.9 Å². The molecule has 0 spiro atoms. The van der Waals surface area contributed by atoms with Crippen LogP contribution in [0.5, 0.6) is 0 Å². The first kappa shape index (κ1) is 18.1. The number of benzene rings is 1. The fraction of sp³-hybridized carbons (Fsp3) is 0.227. The van der Waals surface area contributed by atoms with Gasteiger partial charge in [0.15, 0.2) is 0 Å². The van der Waals surface area contributed by atoms with E-state index in [-0.39, 0.29) is 11.5 Å². The smallest absolute Gasteiger partial charge is 0.251 e. The third-order valence-electron chi connectivity index (χ3n) is 5.22. The van der Waals surface area contributed by atoms with Crippen molar-refractivity contribution in [1.82, 2.24) is 9.55 Å². The molecule has 2 aromatic heterocycles. The van der Waals surface area contributed by atoms with Crippen LogP contribution in [0.25, 0.3) is 11.1 Å². The number of nitrogens with zero attached hydrogens (tertiary/aromatic N) is 3. The number of anilines is 1. The van der Waals surface area contributed by atoms with Gasteiger partial charge in [0.1, 0.15) is 5.82 Å². The molecular weight excluding hydrogens is 357 g/mol. The van der Waals surface area contributed by atoms with Gasteiger partial charge in [0.25, 0.3) is 5.56 Å². The SMILES string of the molecule is Cc1cccc(=O)n1Cc1cncc(-c2c(F)ccc3c2N(C)C(=O)CC3)c1. The molecule has 142 valence electrons. The zero-order valence-electron chi connectivity index (χ0n) is 15.8. The van der Waals surface area contributed by atoms with E-state index in [0.29, 0.717) is 36.2 Å². The van der Waals surface area contributed by atoms with E-state index in [9.17, 15) is 14.0 Å². The summed E-state index contributed by atoms with van der Waals surface area (Å²) >= 11 is 0. The van der Waals surface area contributed by atoms with Crippen LogP contribution >= 0.6 is 0 Å². The molecule has 0 unspecified atom stereocenters. The minimum atomic E-state index is -0.396. The van der Waals surface area contributed by atoms with Gasteiger partial charge in [-0.2, -0.15) is 0 Å².